The highest BCUT2D eigenvalue weighted by Gasteiger charge is 2.37. The van der Waals surface area contributed by atoms with Crippen LogP contribution < -0.4 is 0 Å². The second-order valence-electron chi connectivity index (χ2n) is 3.65. The van der Waals surface area contributed by atoms with Gasteiger partial charge in [0.15, 0.2) is 0 Å². The van der Waals surface area contributed by atoms with Crippen molar-refractivity contribution in [2.24, 2.45) is 0 Å². The SMILES string of the molecule is CO[Si](CCCN1CCC[Si]1)(OC)OC. The highest BCUT2D eigenvalue weighted by atomic mass is 28.4. The summed E-state index contributed by atoms with van der Waals surface area (Å²) in [5, 5.41) is 0. The molecule has 88 valence electrons. The third-order valence-corrected chi connectivity index (χ3v) is 7.09. The summed E-state index contributed by atoms with van der Waals surface area (Å²) < 4.78 is 18.7. The minimum absolute atomic E-state index is 0.914. The zero-order valence-electron chi connectivity index (χ0n) is 9.91. The molecule has 2 radical (unpaired) electrons. The maximum Gasteiger partial charge on any atom is 0.500 e. The normalized spacial score (nSPS) is 18.6. The fourth-order valence-corrected chi connectivity index (χ4v) is 4.79. The van der Waals surface area contributed by atoms with Gasteiger partial charge >= 0.3 is 8.80 Å². The third kappa shape index (κ3) is 3.97. The summed E-state index contributed by atoms with van der Waals surface area (Å²) >= 11 is 0. The zero-order valence-corrected chi connectivity index (χ0v) is 11.9. The fourth-order valence-electron chi connectivity index (χ4n) is 1.82. The molecule has 0 amide bonds. The summed E-state index contributed by atoms with van der Waals surface area (Å²) in [6.45, 7) is 2.42. The van der Waals surface area contributed by atoms with Gasteiger partial charge in [-0.15, -0.1) is 0 Å². The van der Waals surface area contributed by atoms with E-state index in [-0.39, 0.29) is 0 Å². The van der Waals surface area contributed by atoms with Crippen LogP contribution in [0.1, 0.15) is 12.8 Å². The molecule has 0 aliphatic carbocycles. The fraction of sp³-hybridized carbons (Fsp3) is 1.00. The summed E-state index contributed by atoms with van der Waals surface area (Å²) in [5.74, 6) is 0. The second kappa shape index (κ2) is 6.77. The Morgan fingerprint density at radius 1 is 1.20 bits per heavy atom. The molecule has 0 saturated carbocycles. The molecule has 1 heterocycles. The molecule has 0 N–H and O–H groups in total. The van der Waals surface area contributed by atoms with Crippen LogP contribution in [-0.4, -0.2) is 57.5 Å². The summed E-state index contributed by atoms with van der Waals surface area (Å²) in [6, 6.07) is 2.29. The van der Waals surface area contributed by atoms with E-state index in [0.29, 0.717) is 0 Å². The van der Waals surface area contributed by atoms with E-state index in [2.05, 4.69) is 4.57 Å². The van der Waals surface area contributed by atoms with E-state index in [9.17, 15) is 0 Å². The Labute approximate surface area is 96.2 Å². The average Bonchev–Trinajstić information content (AvgIpc) is 2.78. The number of hydrogen-bond acceptors (Lipinski definition) is 4. The molecule has 6 heteroatoms. The minimum atomic E-state index is -2.31. The van der Waals surface area contributed by atoms with E-state index in [4.69, 9.17) is 13.3 Å². The molecule has 0 atom stereocenters. The maximum absolute atomic E-state index is 5.38. The number of nitrogens with zero attached hydrogens (tertiary/aromatic N) is 1. The Bertz CT molecular complexity index is 164. The monoisotopic (exact) mass is 247 g/mol. The van der Waals surface area contributed by atoms with Gasteiger partial charge in [-0.3, -0.25) is 0 Å². The van der Waals surface area contributed by atoms with Gasteiger partial charge in [0.25, 0.3) is 0 Å². The lowest BCUT2D eigenvalue weighted by molar-refractivity contribution is 0.122. The van der Waals surface area contributed by atoms with E-state index in [1.807, 2.05) is 0 Å². The Balaban J connectivity index is 2.21. The van der Waals surface area contributed by atoms with Crippen molar-refractivity contribution in [2.75, 3.05) is 34.4 Å². The third-order valence-electron chi connectivity index (χ3n) is 2.78. The second-order valence-corrected chi connectivity index (χ2v) is 8.19. The van der Waals surface area contributed by atoms with E-state index >= 15 is 0 Å². The van der Waals surface area contributed by atoms with Crippen LogP contribution in [0, 0.1) is 0 Å². The lowest BCUT2D eigenvalue weighted by Crippen LogP contribution is -2.43. The van der Waals surface area contributed by atoms with Crippen molar-refractivity contribution in [1.82, 2.24) is 4.57 Å². The van der Waals surface area contributed by atoms with Crippen molar-refractivity contribution in [3.05, 3.63) is 0 Å². The highest BCUT2D eigenvalue weighted by molar-refractivity contribution is 6.60. The Kier molecular flexibility index (Phi) is 6.02. The molecule has 0 aromatic rings. The van der Waals surface area contributed by atoms with Crippen LogP contribution in [0.15, 0.2) is 0 Å². The first kappa shape index (κ1) is 13.3. The molecule has 0 spiro atoms. The molecule has 4 nitrogen and oxygen atoms in total. The summed E-state index contributed by atoms with van der Waals surface area (Å²) in [7, 11) is 3.74. The van der Waals surface area contributed by atoms with Gasteiger partial charge in [-0.2, -0.15) is 0 Å². The average molecular weight is 247 g/mol. The van der Waals surface area contributed by atoms with Crippen molar-refractivity contribution >= 4 is 18.5 Å². The van der Waals surface area contributed by atoms with Crippen LogP contribution in [0.25, 0.3) is 0 Å². The van der Waals surface area contributed by atoms with Crippen LogP contribution in [0.4, 0.5) is 0 Å². The largest absolute Gasteiger partial charge is 0.500 e. The first-order valence-electron chi connectivity index (χ1n) is 5.40. The van der Waals surface area contributed by atoms with Gasteiger partial charge in [-0.1, -0.05) is 0 Å². The van der Waals surface area contributed by atoms with Crippen molar-refractivity contribution in [3.8, 4) is 0 Å². The Morgan fingerprint density at radius 3 is 2.33 bits per heavy atom. The standard InChI is InChI=1S/C9H21NO3Si2/c1-11-15(12-2,13-3)9-5-7-10-6-4-8-14-10/h4-9H2,1-3H3. The molecule has 0 aromatic carbocycles. The van der Waals surface area contributed by atoms with Crippen LogP contribution in [-0.2, 0) is 13.3 Å². The molecule has 1 aliphatic rings. The molecule has 0 aromatic heterocycles. The first-order valence-corrected chi connectivity index (χ1v) is 8.49. The number of hydrogen-bond donors (Lipinski definition) is 0. The van der Waals surface area contributed by atoms with E-state index < -0.39 is 8.80 Å². The summed E-state index contributed by atoms with van der Waals surface area (Å²) in [5.41, 5.74) is 0. The van der Waals surface area contributed by atoms with Gasteiger partial charge in [0.1, 0.15) is 9.68 Å². The van der Waals surface area contributed by atoms with Crippen LogP contribution in [0.2, 0.25) is 12.1 Å². The van der Waals surface area contributed by atoms with Crippen molar-refractivity contribution in [2.45, 2.75) is 24.9 Å². The van der Waals surface area contributed by atoms with E-state index in [1.54, 1.807) is 21.3 Å². The summed E-state index contributed by atoms with van der Waals surface area (Å²) in [4.78, 5) is 0. The van der Waals surface area contributed by atoms with Gasteiger partial charge < -0.3 is 17.8 Å². The van der Waals surface area contributed by atoms with Crippen molar-refractivity contribution in [1.29, 1.82) is 0 Å². The molecular weight excluding hydrogens is 226 g/mol. The van der Waals surface area contributed by atoms with E-state index in [0.717, 1.165) is 28.7 Å². The first-order chi connectivity index (χ1) is 7.26. The smallest absolute Gasteiger partial charge is 0.377 e. The molecule has 1 saturated heterocycles. The molecular formula is C9H21NO3Si2. The quantitative estimate of drug-likeness (QED) is 0.628. The predicted octanol–water partition coefficient (Wildman–Crippen LogP) is 0.998. The maximum atomic E-state index is 5.38. The molecule has 0 unspecified atom stereocenters. The topological polar surface area (TPSA) is 30.9 Å². The van der Waals surface area contributed by atoms with Gasteiger partial charge in [0, 0.05) is 27.4 Å². The summed E-state index contributed by atoms with van der Waals surface area (Å²) in [6.07, 6.45) is 2.47. The van der Waals surface area contributed by atoms with Gasteiger partial charge in [0.2, 0.25) is 0 Å². The van der Waals surface area contributed by atoms with Crippen LogP contribution in [0.5, 0.6) is 0 Å². The lowest BCUT2D eigenvalue weighted by Gasteiger charge is -2.25. The molecule has 15 heavy (non-hydrogen) atoms. The van der Waals surface area contributed by atoms with Crippen LogP contribution in [0.3, 0.4) is 0 Å². The Morgan fingerprint density at radius 2 is 1.87 bits per heavy atom. The Hall–Kier alpha value is 0.274. The van der Waals surface area contributed by atoms with Crippen molar-refractivity contribution < 1.29 is 13.3 Å². The van der Waals surface area contributed by atoms with Crippen molar-refractivity contribution in [3.63, 3.8) is 0 Å². The molecule has 1 rings (SSSR count). The molecule has 1 aliphatic heterocycles. The van der Waals surface area contributed by atoms with Gasteiger partial charge in [-0.25, -0.2) is 0 Å². The zero-order chi connectivity index (χ0) is 11.1. The van der Waals surface area contributed by atoms with E-state index in [1.165, 1.54) is 19.0 Å². The lowest BCUT2D eigenvalue weighted by atomic mass is 10.4. The van der Waals surface area contributed by atoms with Gasteiger partial charge in [0.05, 0.1) is 0 Å². The molecule has 0 bridgehead atoms. The van der Waals surface area contributed by atoms with Gasteiger partial charge in [-0.05, 0) is 32.0 Å². The van der Waals surface area contributed by atoms with Crippen LogP contribution >= 0.6 is 0 Å². The predicted molar refractivity (Wildman–Crippen MR) is 63.0 cm³/mol. The highest BCUT2D eigenvalue weighted by Crippen LogP contribution is 2.16. The minimum Gasteiger partial charge on any atom is -0.377 e. The molecule has 1 fully saturated rings. The number of rotatable bonds is 7.